The summed E-state index contributed by atoms with van der Waals surface area (Å²) in [6.45, 7) is 5.69. The Balaban J connectivity index is 1.59. The zero-order valence-corrected chi connectivity index (χ0v) is 17.1. The number of fused-ring (bicyclic) bond motifs is 1. The molecule has 1 aliphatic heterocycles. The number of unbranched alkanes of at least 4 members (excludes halogenated alkanes) is 1. The summed E-state index contributed by atoms with van der Waals surface area (Å²) in [5.41, 5.74) is 9.77. The molecule has 0 radical (unpaired) electrons. The van der Waals surface area contributed by atoms with Gasteiger partial charge in [0.2, 0.25) is 5.95 Å². The fraction of sp³-hybridized carbons (Fsp3) is 0.476. The van der Waals surface area contributed by atoms with E-state index in [0.29, 0.717) is 18.3 Å². The third-order valence-corrected chi connectivity index (χ3v) is 5.43. The van der Waals surface area contributed by atoms with E-state index < -0.39 is 0 Å². The third-order valence-electron chi connectivity index (χ3n) is 5.43. The van der Waals surface area contributed by atoms with Gasteiger partial charge in [-0.05, 0) is 36.9 Å². The first kappa shape index (κ1) is 19.4. The Labute approximate surface area is 170 Å². The number of benzene rings is 1. The lowest BCUT2D eigenvalue weighted by atomic mass is 9.97. The fourth-order valence-corrected chi connectivity index (χ4v) is 3.82. The van der Waals surface area contributed by atoms with E-state index in [2.05, 4.69) is 45.7 Å². The summed E-state index contributed by atoms with van der Waals surface area (Å²) >= 11 is 0. The van der Waals surface area contributed by atoms with E-state index in [-0.39, 0.29) is 5.95 Å². The molecule has 1 aromatic carbocycles. The number of nitrogen functional groups attached to an aromatic ring is 1. The highest BCUT2D eigenvalue weighted by Crippen LogP contribution is 2.29. The molecule has 2 aromatic heterocycles. The topological polar surface area (TPSA) is 103 Å². The maximum Gasteiger partial charge on any atom is 0.222 e. The average Bonchev–Trinajstić information content (AvgIpc) is 3.38. The van der Waals surface area contributed by atoms with Crippen molar-refractivity contribution in [2.45, 2.75) is 38.6 Å². The molecule has 0 amide bonds. The Morgan fingerprint density at radius 1 is 1.34 bits per heavy atom. The smallest absolute Gasteiger partial charge is 0.222 e. The molecule has 4 rings (SSSR count). The number of hydrogen-bond acceptors (Lipinski definition) is 7. The number of nitrogens with one attached hydrogen (secondary N) is 2. The molecular weight excluding hydrogens is 366 g/mol. The van der Waals surface area contributed by atoms with Crippen LogP contribution in [0.2, 0.25) is 0 Å². The first-order valence-electron chi connectivity index (χ1n) is 10.3. The van der Waals surface area contributed by atoms with Crippen LogP contribution in [0.5, 0.6) is 5.75 Å². The number of rotatable bonds is 8. The van der Waals surface area contributed by atoms with Gasteiger partial charge in [-0.2, -0.15) is 10.1 Å². The molecule has 4 N–H and O–H groups in total. The molecule has 0 aliphatic carbocycles. The van der Waals surface area contributed by atoms with E-state index in [4.69, 9.17) is 15.6 Å². The van der Waals surface area contributed by atoms with Crippen LogP contribution in [0.25, 0.3) is 11.0 Å². The summed E-state index contributed by atoms with van der Waals surface area (Å²) in [6, 6.07) is 6.50. The van der Waals surface area contributed by atoms with Gasteiger partial charge in [-0.15, -0.1) is 0 Å². The Morgan fingerprint density at radius 2 is 2.24 bits per heavy atom. The molecule has 3 aromatic rings. The number of aromatic nitrogens is 4. The van der Waals surface area contributed by atoms with Gasteiger partial charge in [0, 0.05) is 18.7 Å². The van der Waals surface area contributed by atoms with Crippen molar-refractivity contribution in [2.24, 2.45) is 0 Å². The number of ether oxygens (including phenoxy) is 1. The minimum Gasteiger partial charge on any atom is -0.496 e. The molecule has 154 valence electrons. The molecule has 8 nitrogen and oxygen atoms in total. The highest BCUT2D eigenvalue weighted by Gasteiger charge is 2.18. The molecule has 0 unspecified atom stereocenters. The first-order valence-corrected chi connectivity index (χ1v) is 10.3. The Morgan fingerprint density at radius 3 is 3.00 bits per heavy atom. The number of hydrogen-bond donors (Lipinski definition) is 3. The largest absolute Gasteiger partial charge is 0.496 e. The van der Waals surface area contributed by atoms with E-state index in [1.165, 1.54) is 12.0 Å². The monoisotopic (exact) mass is 395 g/mol. The van der Waals surface area contributed by atoms with E-state index >= 15 is 0 Å². The van der Waals surface area contributed by atoms with Gasteiger partial charge in [0.25, 0.3) is 0 Å². The van der Waals surface area contributed by atoms with Crippen LogP contribution < -0.4 is 21.1 Å². The van der Waals surface area contributed by atoms with Gasteiger partial charge in [0.1, 0.15) is 11.3 Å². The predicted octanol–water partition coefficient (Wildman–Crippen LogP) is 2.75. The van der Waals surface area contributed by atoms with Crippen molar-refractivity contribution in [1.82, 2.24) is 25.1 Å². The second-order valence-electron chi connectivity index (χ2n) is 7.53. The lowest BCUT2D eigenvalue weighted by molar-refractivity contribution is 0.406. The highest BCUT2D eigenvalue weighted by atomic mass is 16.5. The molecular formula is C21H29N7O. The van der Waals surface area contributed by atoms with Crippen LogP contribution in [0.1, 0.15) is 43.2 Å². The van der Waals surface area contributed by atoms with Crippen molar-refractivity contribution < 1.29 is 4.74 Å². The maximum absolute atomic E-state index is 5.89. The molecule has 0 saturated carbocycles. The summed E-state index contributed by atoms with van der Waals surface area (Å²) in [6.07, 6.45) is 5.25. The van der Waals surface area contributed by atoms with Crippen LogP contribution in [0.3, 0.4) is 0 Å². The quantitative estimate of drug-likeness (QED) is 0.504. The second kappa shape index (κ2) is 8.65. The minimum atomic E-state index is 0.253. The zero-order chi connectivity index (χ0) is 20.2. The van der Waals surface area contributed by atoms with Gasteiger partial charge in [-0.3, -0.25) is 4.68 Å². The lowest BCUT2D eigenvalue weighted by Gasteiger charge is -2.14. The summed E-state index contributed by atoms with van der Waals surface area (Å²) in [5, 5.41) is 11.5. The molecule has 29 heavy (non-hydrogen) atoms. The van der Waals surface area contributed by atoms with Crippen molar-refractivity contribution in [2.75, 3.05) is 37.8 Å². The van der Waals surface area contributed by atoms with Crippen LogP contribution in [0.4, 0.5) is 11.8 Å². The van der Waals surface area contributed by atoms with Gasteiger partial charge in [-0.25, -0.2) is 4.98 Å². The summed E-state index contributed by atoms with van der Waals surface area (Å²) < 4.78 is 7.55. The molecule has 1 atom stereocenters. The van der Waals surface area contributed by atoms with Crippen molar-refractivity contribution >= 4 is 22.8 Å². The van der Waals surface area contributed by atoms with Crippen LogP contribution in [0.15, 0.2) is 24.4 Å². The number of nitrogens with zero attached hydrogens (tertiary/aromatic N) is 4. The molecule has 3 heterocycles. The summed E-state index contributed by atoms with van der Waals surface area (Å²) in [4.78, 5) is 8.67. The first-order chi connectivity index (χ1) is 14.2. The van der Waals surface area contributed by atoms with Crippen molar-refractivity contribution in [1.29, 1.82) is 0 Å². The maximum atomic E-state index is 5.89. The van der Waals surface area contributed by atoms with Gasteiger partial charge in [0.05, 0.1) is 19.9 Å². The molecule has 0 bridgehead atoms. The van der Waals surface area contributed by atoms with Gasteiger partial charge in [0.15, 0.2) is 11.3 Å². The molecule has 1 saturated heterocycles. The zero-order valence-electron chi connectivity index (χ0n) is 17.1. The van der Waals surface area contributed by atoms with Gasteiger partial charge >= 0.3 is 0 Å². The predicted molar refractivity (Wildman–Crippen MR) is 115 cm³/mol. The Kier molecular flexibility index (Phi) is 5.80. The Bertz CT molecular complexity index is 979. The molecule has 1 aliphatic rings. The van der Waals surface area contributed by atoms with Crippen molar-refractivity contribution in [3.8, 4) is 5.75 Å². The van der Waals surface area contributed by atoms with E-state index in [0.717, 1.165) is 54.8 Å². The average molecular weight is 396 g/mol. The minimum absolute atomic E-state index is 0.253. The lowest BCUT2D eigenvalue weighted by Crippen LogP contribution is -2.09. The SMILES string of the molecule is CCCCNc1nc(N)nc2cn(Cc3ccc([C@@H]4CCNC4)cc3OC)nc12. The van der Waals surface area contributed by atoms with Crippen LogP contribution in [-0.2, 0) is 6.54 Å². The highest BCUT2D eigenvalue weighted by molar-refractivity contribution is 5.85. The molecule has 0 spiro atoms. The second-order valence-corrected chi connectivity index (χ2v) is 7.53. The normalized spacial score (nSPS) is 16.4. The van der Waals surface area contributed by atoms with Crippen LogP contribution in [-0.4, -0.2) is 46.5 Å². The summed E-state index contributed by atoms with van der Waals surface area (Å²) in [7, 11) is 1.72. The van der Waals surface area contributed by atoms with Gasteiger partial charge < -0.3 is 21.1 Å². The van der Waals surface area contributed by atoms with Crippen molar-refractivity contribution in [3.63, 3.8) is 0 Å². The standard InChI is InChI=1S/C21H29N7O/c1-3-4-8-24-20-19-17(25-21(22)26-20)13-28(27-19)12-16-6-5-14(10-18(16)29-2)15-7-9-23-11-15/h5-6,10,13,15,23H,3-4,7-9,11-12H2,1-2H3,(H3,22,24,25,26)/t15-/m1/s1. The van der Waals surface area contributed by atoms with E-state index in [9.17, 15) is 0 Å². The van der Waals surface area contributed by atoms with E-state index in [1.807, 2.05) is 10.9 Å². The Hall–Kier alpha value is -2.87. The van der Waals surface area contributed by atoms with Crippen LogP contribution in [0, 0.1) is 0 Å². The number of methoxy groups -OCH3 is 1. The van der Waals surface area contributed by atoms with Crippen molar-refractivity contribution in [3.05, 3.63) is 35.5 Å². The van der Waals surface area contributed by atoms with Crippen LogP contribution >= 0.6 is 0 Å². The summed E-state index contributed by atoms with van der Waals surface area (Å²) in [5.74, 6) is 2.39. The fourth-order valence-electron chi connectivity index (χ4n) is 3.82. The molecule has 8 heteroatoms. The number of nitrogens with two attached hydrogens (primary N) is 1. The van der Waals surface area contributed by atoms with Gasteiger partial charge in [-0.1, -0.05) is 25.5 Å². The number of anilines is 2. The third kappa shape index (κ3) is 4.27. The molecule has 1 fully saturated rings. The van der Waals surface area contributed by atoms with E-state index in [1.54, 1.807) is 7.11 Å².